The van der Waals surface area contributed by atoms with Crippen LogP contribution in [-0.4, -0.2) is 53.2 Å². The van der Waals surface area contributed by atoms with Crippen LogP contribution in [0, 0.1) is 11.6 Å². The summed E-state index contributed by atoms with van der Waals surface area (Å²) >= 11 is 1.35. The number of nitrogens with zero attached hydrogens (tertiary/aromatic N) is 5. The molecule has 1 aromatic carbocycles. The van der Waals surface area contributed by atoms with Crippen molar-refractivity contribution in [2.75, 3.05) is 37.0 Å². The van der Waals surface area contributed by atoms with Gasteiger partial charge in [-0.05, 0) is 30.7 Å². The molecule has 4 heterocycles. The van der Waals surface area contributed by atoms with Crippen molar-refractivity contribution in [3.8, 4) is 11.3 Å². The molecule has 5 rings (SSSR count). The van der Waals surface area contributed by atoms with Gasteiger partial charge in [-0.25, -0.2) is 13.8 Å². The fraction of sp³-hybridized carbons (Fsp3) is 0.304. The largest absolute Gasteiger partial charge is 0.367 e. The molecule has 1 aliphatic heterocycles. The Bertz CT molecular complexity index is 1400. The van der Waals surface area contributed by atoms with Crippen LogP contribution < -0.4 is 15.4 Å². The predicted molar refractivity (Wildman–Crippen MR) is 127 cm³/mol. The third kappa shape index (κ3) is 4.24. The number of hydrogen-bond donors (Lipinski definition) is 1. The normalized spacial score (nSPS) is 18.4. The van der Waals surface area contributed by atoms with Crippen molar-refractivity contribution in [3.05, 3.63) is 64.1 Å². The highest BCUT2D eigenvalue weighted by atomic mass is 32.1. The van der Waals surface area contributed by atoms with E-state index in [0.717, 1.165) is 11.6 Å². The van der Waals surface area contributed by atoms with Crippen molar-refractivity contribution >= 4 is 32.8 Å². The first-order valence-corrected chi connectivity index (χ1v) is 11.5. The molecule has 8 nitrogen and oxygen atoms in total. The van der Waals surface area contributed by atoms with Gasteiger partial charge in [0.1, 0.15) is 22.4 Å². The van der Waals surface area contributed by atoms with Gasteiger partial charge < -0.3 is 19.5 Å². The Hall–Kier alpha value is -3.44. The van der Waals surface area contributed by atoms with Gasteiger partial charge in [-0.2, -0.15) is 9.97 Å². The molecule has 1 aliphatic rings. The van der Waals surface area contributed by atoms with E-state index in [-0.39, 0.29) is 23.3 Å². The maximum atomic E-state index is 14.8. The van der Waals surface area contributed by atoms with E-state index in [2.05, 4.69) is 15.0 Å². The first-order valence-electron chi connectivity index (χ1n) is 10.7. The van der Waals surface area contributed by atoms with Crippen LogP contribution in [-0.2, 0) is 4.74 Å². The van der Waals surface area contributed by atoms with E-state index in [4.69, 9.17) is 9.72 Å². The van der Waals surface area contributed by atoms with Crippen LogP contribution in [0.3, 0.4) is 0 Å². The van der Waals surface area contributed by atoms with Crippen molar-refractivity contribution in [3.63, 3.8) is 0 Å². The van der Waals surface area contributed by atoms with Crippen LogP contribution in [0.25, 0.3) is 21.6 Å². The van der Waals surface area contributed by atoms with Gasteiger partial charge in [-0.15, -0.1) is 0 Å². The van der Waals surface area contributed by atoms with Crippen LogP contribution in [0.4, 0.5) is 19.9 Å². The Morgan fingerprint density at radius 2 is 1.97 bits per heavy atom. The number of benzene rings is 1. The van der Waals surface area contributed by atoms with Gasteiger partial charge in [-0.3, -0.25) is 4.79 Å². The van der Waals surface area contributed by atoms with Gasteiger partial charge >= 0.3 is 0 Å². The van der Waals surface area contributed by atoms with E-state index in [1.807, 2.05) is 30.8 Å². The van der Waals surface area contributed by atoms with E-state index in [9.17, 15) is 13.6 Å². The molecule has 0 radical (unpaired) electrons. The fourth-order valence-corrected chi connectivity index (χ4v) is 4.85. The quantitative estimate of drug-likeness (QED) is 0.472. The second kappa shape index (κ2) is 8.73. The molecule has 0 aliphatic carbocycles. The predicted octanol–water partition coefficient (Wildman–Crippen LogP) is 3.75. The SMILES string of the molecule is C[C@@H]1CN(c2nc(-c3ccc(F)cc3F)c3sc(N(C)C)nc3n2)C[C@H](c2ccc(=O)[nH]c2)O1. The summed E-state index contributed by atoms with van der Waals surface area (Å²) in [5.74, 6) is -0.977. The van der Waals surface area contributed by atoms with Gasteiger partial charge in [-0.1, -0.05) is 11.3 Å². The van der Waals surface area contributed by atoms with Crippen molar-refractivity contribution in [1.29, 1.82) is 0 Å². The van der Waals surface area contributed by atoms with Crippen molar-refractivity contribution in [1.82, 2.24) is 19.9 Å². The van der Waals surface area contributed by atoms with E-state index >= 15 is 0 Å². The smallest absolute Gasteiger partial charge is 0.247 e. The van der Waals surface area contributed by atoms with E-state index < -0.39 is 11.6 Å². The number of fused-ring (bicyclic) bond motifs is 1. The highest BCUT2D eigenvalue weighted by Crippen LogP contribution is 2.37. The summed E-state index contributed by atoms with van der Waals surface area (Å²) in [6.07, 6.45) is 1.17. The number of ether oxygens (including phenoxy) is 1. The molecule has 0 amide bonds. The highest BCUT2D eigenvalue weighted by molar-refractivity contribution is 7.22. The summed E-state index contributed by atoms with van der Waals surface area (Å²) in [5.41, 5.74) is 1.62. The lowest BCUT2D eigenvalue weighted by Gasteiger charge is -2.37. The monoisotopic (exact) mass is 484 g/mol. The summed E-state index contributed by atoms with van der Waals surface area (Å²) in [6, 6.07) is 6.63. The van der Waals surface area contributed by atoms with Gasteiger partial charge in [0.15, 0.2) is 10.8 Å². The van der Waals surface area contributed by atoms with Crippen LogP contribution in [0.5, 0.6) is 0 Å². The first kappa shape index (κ1) is 22.4. The lowest BCUT2D eigenvalue weighted by atomic mass is 10.1. The molecule has 0 spiro atoms. The summed E-state index contributed by atoms with van der Waals surface area (Å²) in [6.45, 7) is 2.89. The second-order valence-electron chi connectivity index (χ2n) is 8.37. The van der Waals surface area contributed by atoms with Gasteiger partial charge in [0.05, 0.1) is 18.3 Å². The Kier molecular flexibility index (Phi) is 5.74. The van der Waals surface area contributed by atoms with Crippen LogP contribution in [0.2, 0.25) is 0 Å². The van der Waals surface area contributed by atoms with Crippen LogP contribution >= 0.6 is 11.3 Å². The maximum Gasteiger partial charge on any atom is 0.247 e. The minimum absolute atomic E-state index is 0.149. The lowest BCUT2D eigenvalue weighted by Crippen LogP contribution is -2.43. The number of rotatable bonds is 4. The fourth-order valence-electron chi connectivity index (χ4n) is 3.92. The Morgan fingerprint density at radius 3 is 2.68 bits per heavy atom. The number of halogens is 2. The Balaban J connectivity index is 1.61. The van der Waals surface area contributed by atoms with E-state index in [1.165, 1.54) is 29.5 Å². The molecule has 34 heavy (non-hydrogen) atoms. The third-order valence-corrected chi connectivity index (χ3v) is 6.74. The van der Waals surface area contributed by atoms with Crippen molar-refractivity contribution in [2.24, 2.45) is 0 Å². The van der Waals surface area contributed by atoms with Crippen molar-refractivity contribution in [2.45, 2.75) is 19.1 Å². The van der Waals surface area contributed by atoms with Crippen LogP contribution in [0.15, 0.2) is 41.3 Å². The number of nitrogens with one attached hydrogen (secondary N) is 1. The average Bonchev–Trinajstić information content (AvgIpc) is 3.23. The molecule has 1 N–H and O–H groups in total. The number of pyridine rings is 1. The summed E-state index contributed by atoms with van der Waals surface area (Å²) in [7, 11) is 3.73. The maximum absolute atomic E-state index is 14.8. The topological polar surface area (TPSA) is 87.2 Å². The molecule has 4 aromatic rings. The molecule has 0 unspecified atom stereocenters. The lowest BCUT2D eigenvalue weighted by molar-refractivity contribution is -0.0180. The zero-order valence-electron chi connectivity index (χ0n) is 18.7. The third-order valence-electron chi connectivity index (χ3n) is 5.52. The molecule has 11 heteroatoms. The Morgan fingerprint density at radius 1 is 1.15 bits per heavy atom. The van der Waals surface area contributed by atoms with Crippen molar-refractivity contribution < 1.29 is 13.5 Å². The van der Waals surface area contributed by atoms with E-state index in [1.54, 1.807) is 12.3 Å². The standard InChI is InChI=1S/C23H22F2N6O2S/c1-12-10-31(11-17(33-12)13-4-7-18(32)26-9-13)22-27-19(15-6-5-14(24)8-16(15)25)20-21(28-22)29-23(34-20)30(2)3/h4-9,12,17H,10-11H2,1-3H3,(H,26,32)/t12-,17-/m1/s1. The van der Waals surface area contributed by atoms with E-state index in [0.29, 0.717) is 40.2 Å². The van der Waals surface area contributed by atoms with Crippen LogP contribution in [0.1, 0.15) is 18.6 Å². The van der Waals surface area contributed by atoms with Gasteiger partial charge in [0.25, 0.3) is 0 Å². The number of aromatic amines is 1. The molecule has 0 saturated carbocycles. The molecular weight excluding hydrogens is 462 g/mol. The summed E-state index contributed by atoms with van der Waals surface area (Å²) in [5, 5.41) is 0.701. The highest BCUT2D eigenvalue weighted by Gasteiger charge is 2.30. The summed E-state index contributed by atoms with van der Waals surface area (Å²) in [4.78, 5) is 32.0. The zero-order valence-corrected chi connectivity index (χ0v) is 19.6. The molecule has 1 saturated heterocycles. The van der Waals surface area contributed by atoms with Gasteiger partial charge in [0.2, 0.25) is 11.5 Å². The molecule has 1 fully saturated rings. The van der Waals surface area contributed by atoms with Gasteiger partial charge in [0, 0.05) is 44.5 Å². The zero-order chi connectivity index (χ0) is 24.0. The molecule has 176 valence electrons. The summed E-state index contributed by atoms with van der Waals surface area (Å²) < 4.78 is 35.1. The molecule has 3 aromatic heterocycles. The molecule has 0 bridgehead atoms. The number of hydrogen-bond acceptors (Lipinski definition) is 8. The minimum Gasteiger partial charge on any atom is -0.367 e. The first-order chi connectivity index (χ1) is 16.3. The average molecular weight is 485 g/mol. The second-order valence-corrected chi connectivity index (χ2v) is 9.34. The number of H-pyrrole nitrogens is 1. The number of anilines is 2. The minimum atomic E-state index is -0.702. The number of thiazole rings is 1. The molecule has 2 atom stereocenters. The number of morpholine rings is 1. The number of aromatic nitrogens is 4. The molecular formula is C23H22F2N6O2S. The Labute approximate surface area is 197 Å².